The first kappa shape index (κ1) is 9.92. The molecule has 0 aromatic heterocycles. The fourth-order valence-electron chi connectivity index (χ4n) is 1.57. The van der Waals surface area contributed by atoms with Crippen LogP contribution in [0.3, 0.4) is 0 Å². The number of hydrogen-bond acceptors (Lipinski definition) is 4. The SMILES string of the molecule is CCOC1(CC)CNCCN1O. The topological polar surface area (TPSA) is 44.7 Å². The molecule has 12 heavy (non-hydrogen) atoms. The summed E-state index contributed by atoms with van der Waals surface area (Å²) in [5.74, 6) is 0. The molecule has 0 saturated carbocycles. The number of nitrogens with one attached hydrogen (secondary N) is 1. The highest BCUT2D eigenvalue weighted by Gasteiger charge is 2.37. The predicted octanol–water partition coefficient (Wildman–Crippen LogP) is 0.424. The van der Waals surface area contributed by atoms with Crippen molar-refractivity contribution in [2.75, 3.05) is 26.2 Å². The van der Waals surface area contributed by atoms with Gasteiger partial charge < -0.3 is 15.3 Å². The van der Waals surface area contributed by atoms with Crippen molar-refractivity contribution in [2.24, 2.45) is 0 Å². The van der Waals surface area contributed by atoms with Crippen LogP contribution in [-0.2, 0) is 4.74 Å². The van der Waals surface area contributed by atoms with E-state index in [0.29, 0.717) is 19.7 Å². The van der Waals surface area contributed by atoms with E-state index in [1.165, 1.54) is 5.06 Å². The second-order valence-corrected chi connectivity index (χ2v) is 3.03. The molecule has 72 valence electrons. The Morgan fingerprint density at radius 3 is 2.83 bits per heavy atom. The highest BCUT2D eigenvalue weighted by molar-refractivity contribution is 4.82. The van der Waals surface area contributed by atoms with Gasteiger partial charge in [0.05, 0.1) is 0 Å². The van der Waals surface area contributed by atoms with Crippen LogP contribution in [0.1, 0.15) is 20.3 Å². The molecule has 1 aliphatic rings. The molecular formula is C8H18N2O2. The van der Waals surface area contributed by atoms with Crippen LogP contribution in [0.25, 0.3) is 0 Å². The summed E-state index contributed by atoms with van der Waals surface area (Å²) >= 11 is 0. The Kier molecular flexibility index (Phi) is 3.46. The van der Waals surface area contributed by atoms with E-state index in [-0.39, 0.29) is 0 Å². The second kappa shape index (κ2) is 4.18. The summed E-state index contributed by atoms with van der Waals surface area (Å²) in [5.41, 5.74) is -0.493. The van der Waals surface area contributed by atoms with Gasteiger partial charge in [-0.3, -0.25) is 0 Å². The molecule has 0 radical (unpaired) electrons. The first-order valence-electron chi connectivity index (χ1n) is 4.56. The Morgan fingerprint density at radius 1 is 1.58 bits per heavy atom. The van der Waals surface area contributed by atoms with E-state index in [4.69, 9.17) is 4.74 Å². The molecule has 0 bridgehead atoms. The minimum Gasteiger partial charge on any atom is -0.357 e. The van der Waals surface area contributed by atoms with E-state index >= 15 is 0 Å². The predicted molar refractivity (Wildman–Crippen MR) is 46.0 cm³/mol. The quantitative estimate of drug-likeness (QED) is 0.651. The van der Waals surface area contributed by atoms with E-state index in [1.54, 1.807) is 0 Å². The fraction of sp³-hybridized carbons (Fsp3) is 1.00. The van der Waals surface area contributed by atoms with E-state index in [0.717, 1.165) is 13.0 Å². The average Bonchev–Trinajstić information content (AvgIpc) is 2.10. The van der Waals surface area contributed by atoms with E-state index in [2.05, 4.69) is 5.32 Å². The van der Waals surface area contributed by atoms with Gasteiger partial charge in [0.15, 0.2) is 5.72 Å². The van der Waals surface area contributed by atoms with Gasteiger partial charge >= 0.3 is 0 Å². The van der Waals surface area contributed by atoms with Gasteiger partial charge in [-0.25, -0.2) is 0 Å². The Bertz CT molecular complexity index is 139. The van der Waals surface area contributed by atoms with E-state index in [1.807, 2.05) is 13.8 Å². The van der Waals surface area contributed by atoms with Crippen molar-refractivity contribution in [3.63, 3.8) is 0 Å². The van der Waals surface area contributed by atoms with Crippen molar-refractivity contribution in [1.82, 2.24) is 10.4 Å². The monoisotopic (exact) mass is 174 g/mol. The summed E-state index contributed by atoms with van der Waals surface area (Å²) in [5, 5.41) is 14.1. The first-order valence-corrected chi connectivity index (χ1v) is 4.56. The lowest BCUT2D eigenvalue weighted by Crippen LogP contribution is -2.61. The molecule has 1 atom stereocenters. The molecule has 1 saturated heterocycles. The summed E-state index contributed by atoms with van der Waals surface area (Å²) in [6, 6.07) is 0. The van der Waals surface area contributed by atoms with Crippen LogP contribution >= 0.6 is 0 Å². The van der Waals surface area contributed by atoms with Gasteiger partial charge in [0.1, 0.15) is 0 Å². The summed E-state index contributed by atoms with van der Waals surface area (Å²) in [7, 11) is 0. The molecule has 1 rings (SSSR count). The minimum atomic E-state index is -0.493. The molecule has 1 fully saturated rings. The Morgan fingerprint density at radius 2 is 2.33 bits per heavy atom. The van der Waals surface area contributed by atoms with Gasteiger partial charge in [-0.15, -0.1) is 0 Å². The maximum absolute atomic E-state index is 9.62. The van der Waals surface area contributed by atoms with Crippen LogP contribution in [0.2, 0.25) is 0 Å². The highest BCUT2D eigenvalue weighted by atomic mass is 16.6. The molecule has 4 heteroatoms. The third-order valence-corrected chi connectivity index (χ3v) is 2.34. The summed E-state index contributed by atoms with van der Waals surface area (Å²) in [6.07, 6.45) is 0.796. The Balaban J connectivity index is 2.60. The zero-order valence-electron chi connectivity index (χ0n) is 7.84. The number of nitrogens with zero attached hydrogens (tertiary/aromatic N) is 1. The van der Waals surface area contributed by atoms with Crippen LogP contribution < -0.4 is 5.32 Å². The molecule has 0 aromatic carbocycles. The van der Waals surface area contributed by atoms with Crippen molar-refractivity contribution in [2.45, 2.75) is 26.0 Å². The average molecular weight is 174 g/mol. The third-order valence-electron chi connectivity index (χ3n) is 2.34. The standard InChI is InChI=1S/C8H18N2O2/c1-3-8(12-4-2)7-9-5-6-10(8)11/h9,11H,3-7H2,1-2H3. The first-order chi connectivity index (χ1) is 5.75. The van der Waals surface area contributed by atoms with Crippen molar-refractivity contribution in [3.05, 3.63) is 0 Å². The summed E-state index contributed by atoms with van der Waals surface area (Å²) in [6.45, 7) is 6.76. The van der Waals surface area contributed by atoms with E-state index in [9.17, 15) is 5.21 Å². The van der Waals surface area contributed by atoms with Crippen LogP contribution in [0.4, 0.5) is 0 Å². The van der Waals surface area contributed by atoms with Crippen LogP contribution in [0.5, 0.6) is 0 Å². The van der Waals surface area contributed by atoms with E-state index < -0.39 is 5.72 Å². The number of hydroxylamine groups is 2. The lowest BCUT2D eigenvalue weighted by Gasteiger charge is -2.42. The molecule has 0 aliphatic carbocycles. The van der Waals surface area contributed by atoms with Crippen molar-refractivity contribution in [3.8, 4) is 0 Å². The molecule has 4 nitrogen and oxygen atoms in total. The fourth-order valence-corrected chi connectivity index (χ4v) is 1.57. The zero-order valence-corrected chi connectivity index (χ0v) is 7.84. The molecule has 2 N–H and O–H groups in total. The zero-order chi connectivity index (χ0) is 9.03. The number of hydrogen-bond donors (Lipinski definition) is 2. The molecule has 0 spiro atoms. The Hall–Kier alpha value is -0.160. The van der Waals surface area contributed by atoms with Crippen LogP contribution in [-0.4, -0.2) is 42.2 Å². The molecule has 1 unspecified atom stereocenters. The third kappa shape index (κ3) is 1.77. The molecule has 1 heterocycles. The van der Waals surface area contributed by atoms with Gasteiger partial charge in [0.25, 0.3) is 0 Å². The van der Waals surface area contributed by atoms with Gasteiger partial charge in [0, 0.05) is 26.2 Å². The number of piperazine rings is 1. The van der Waals surface area contributed by atoms with Gasteiger partial charge in [-0.1, -0.05) is 6.92 Å². The van der Waals surface area contributed by atoms with Gasteiger partial charge in [-0.05, 0) is 13.3 Å². The maximum Gasteiger partial charge on any atom is 0.155 e. The molecule has 0 aromatic rings. The van der Waals surface area contributed by atoms with Crippen molar-refractivity contribution in [1.29, 1.82) is 0 Å². The second-order valence-electron chi connectivity index (χ2n) is 3.03. The Labute approximate surface area is 73.5 Å². The van der Waals surface area contributed by atoms with Gasteiger partial charge in [-0.2, -0.15) is 5.06 Å². The van der Waals surface area contributed by atoms with Gasteiger partial charge in [0.2, 0.25) is 0 Å². The molecule has 1 aliphatic heterocycles. The van der Waals surface area contributed by atoms with Crippen molar-refractivity contribution >= 4 is 0 Å². The number of rotatable bonds is 3. The molecular weight excluding hydrogens is 156 g/mol. The molecule has 0 amide bonds. The van der Waals surface area contributed by atoms with Crippen LogP contribution in [0, 0.1) is 0 Å². The largest absolute Gasteiger partial charge is 0.357 e. The highest BCUT2D eigenvalue weighted by Crippen LogP contribution is 2.20. The van der Waals surface area contributed by atoms with Crippen molar-refractivity contribution < 1.29 is 9.94 Å². The maximum atomic E-state index is 9.62. The lowest BCUT2D eigenvalue weighted by molar-refractivity contribution is -0.289. The summed E-state index contributed by atoms with van der Waals surface area (Å²) < 4.78 is 5.55. The number of ether oxygens (including phenoxy) is 1. The smallest absolute Gasteiger partial charge is 0.155 e. The minimum absolute atomic E-state index is 0.493. The lowest BCUT2D eigenvalue weighted by atomic mass is 10.1. The normalized spacial score (nSPS) is 32.2. The van der Waals surface area contributed by atoms with Crippen LogP contribution in [0.15, 0.2) is 0 Å². The summed E-state index contributed by atoms with van der Waals surface area (Å²) in [4.78, 5) is 0.